The smallest absolute Gasteiger partial charge is 0.143 e. The lowest BCUT2D eigenvalue weighted by Gasteiger charge is -2.08. The normalized spacial score (nSPS) is 10.4. The molecule has 3 rings (SSSR count). The summed E-state index contributed by atoms with van der Waals surface area (Å²) in [4.78, 5) is 0. The molecule has 0 aliphatic carbocycles. The first-order chi connectivity index (χ1) is 9.83. The molecule has 0 saturated heterocycles. The van der Waals surface area contributed by atoms with Gasteiger partial charge in [-0.05, 0) is 40.8 Å². The van der Waals surface area contributed by atoms with Crippen LogP contribution in [0.4, 0.5) is 0 Å². The lowest BCUT2D eigenvalue weighted by Crippen LogP contribution is -1.98. The zero-order valence-electron chi connectivity index (χ0n) is 10.5. The van der Waals surface area contributed by atoms with Crippen molar-refractivity contribution in [3.63, 3.8) is 0 Å². The fourth-order valence-corrected chi connectivity index (χ4v) is 1.94. The van der Waals surface area contributed by atoms with Gasteiger partial charge in [-0.3, -0.25) is 0 Å². The molecule has 1 heterocycles. The lowest BCUT2D eigenvalue weighted by molar-refractivity contribution is 0.306. The SMILES string of the molecule is Clc1ccccc1COc1ccc(-n2cnnn2)cc1. The van der Waals surface area contributed by atoms with Crippen molar-refractivity contribution in [2.45, 2.75) is 6.61 Å². The van der Waals surface area contributed by atoms with Crippen molar-refractivity contribution in [1.29, 1.82) is 0 Å². The highest BCUT2D eigenvalue weighted by atomic mass is 35.5. The van der Waals surface area contributed by atoms with Gasteiger partial charge in [-0.15, -0.1) is 5.10 Å². The number of ether oxygens (including phenoxy) is 1. The fraction of sp³-hybridized carbons (Fsp3) is 0.0714. The van der Waals surface area contributed by atoms with Gasteiger partial charge in [0.05, 0.1) is 5.69 Å². The van der Waals surface area contributed by atoms with E-state index in [1.807, 2.05) is 48.5 Å². The van der Waals surface area contributed by atoms with E-state index in [-0.39, 0.29) is 0 Å². The number of hydrogen-bond acceptors (Lipinski definition) is 4. The predicted octanol–water partition coefficient (Wildman–Crippen LogP) is 2.89. The van der Waals surface area contributed by atoms with Crippen LogP contribution in [-0.2, 0) is 6.61 Å². The van der Waals surface area contributed by atoms with Crippen molar-refractivity contribution in [1.82, 2.24) is 20.2 Å². The minimum atomic E-state index is 0.434. The quantitative estimate of drug-likeness (QED) is 0.740. The molecule has 0 unspecified atom stereocenters. The molecule has 1 aromatic heterocycles. The van der Waals surface area contributed by atoms with Gasteiger partial charge in [0.1, 0.15) is 18.7 Å². The van der Waals surface area contributed by atoms with Crippen LogP contribution >= 0.6 is 11.6 Å². The van der Waals surface area contributed by atoms with Crippen LogP contribution in [0.15, 0.2) is 54.9 Å². The highest BCUT2D eigenvalue weighted by Crippen LogP contribution is 2.19. The summed E-state index contributed by atoms with van der Waals surface area (Å²) in [6, 6.07) is 15.1. The molecule has 100 valence electrons. The maximum atomic E-state index is 6.08. The van der Waals surface area contributed by atoms with Crippen LogP contribution in [0.2, 0.25) is 5.02 Å². The summed E-state index contributed by atoms with van der Waals surface area (Å²) in [6.07, 6.45) is 1.54. The number of rotatable bonds is 4. The molecule has 6 heteroatoms. The Morgan fingerprint density at radius 2 is 1.85 bits per heavy atom. The number of aromatic nitrogens is 4. The first-order valence-electron chi connectivity index (χ1n) is 6.02. The van der Waals surface area contributed by atoms with E-state index in [0.29, 0.717) is 11.6 Å². The maximum absolute atomic E-state index is 6.08. The van der Waals surface area contributed by atoms with Gasteiger partial charge in [0, 0.05) is 10.6 Å². The average molecular weight is 287 g/mol. The van der Waals surface area contributed by atoms with E-state index in [0.717, 1.165) is 17.0 Å². The largest absolute Gasteiger partial charge is 0.489 e. The molecule has 2 aromatic carbocycles. The van der Waals surface area contributed by atoms with Gasteiger partial charge in [0.2, 0.25) is 0 Å². The fourth-order valence-electron chi connectivity index (χ4n) is 1.75. The minimum absolute atomic E-state index is 0.434. The highest BCUT2D eigenvalue weighted by Gasteiger charge is 2.02. The second-order valence-electron chi connectivity index (χ2n) is 4.13. The Kier molecular flexibility index (Phi) is 3.60. The van der Waals surface area contributed by atoms with E-state index in [2.05, 4.69) is 15.5 Å². The number of nitrogens with zero attached hydrogens (tertiary/aromatic N) is 4. The van der Waals surface area contributed by atoms with E-state index in [1.165, 1.54) is 0 Å². The van der Waals surface area contributed by atoms with Gasteiger partial charge in [0.25, 0.3) is 0 Å². The van der Waals surface area contributed by atoms with Crippen molar-refractivity contribution in [2.24, 2.45) is 0 Å². The summed E-state index contributed by atoms with van der Waals surface area (Å²) in [5, 5.41) is 11.7. The van der Waals surface area contributed by atoms with Crippen LogP contribution in [-0.4, -0.2) is 20.2 Å². The van der Waals surface area contributed by atoms with Crippen LogP contribution in [0.5, 0.6) is 5.75 Å². The first kappa shape index (κ1) is 12.6. The number of hydrogen-bond donors (Lipinski definition) is 0. The van der Waals surface area contributed by atoms with E-state index < -0.39 is 0 Å². The maximum Gasteiger partial charge on any atom is 0.143 e. The Bertz CT molecular complexity index is 683. The molecule has 0 radical (unpaired) electrons. The molecule has 0 atom stereocenters. The van der Waals surface area contributed by atoms with Crippen LogP contribution < -0.4 is 4.74 Å². The van der Waals surface area contributed by atoms with Gasteiger partial charge < -0.3 is 4.74 Å². The summed E-state index contributed by atoms with van der Waals surface area (Å²) >= 11 is 6.08. The van der Waals surface area contributed by atoms with E-state index in [9.17, 15) is 0 Å². The van der Waals surface area contributed by atoms with Crippen molar-refractivity contribution in [3.8, 4) is 11.4 Å². The third kappa shape index (κ3) is 2.78. The molecule has 0 aliphatic rings. The Morgan fingerprint density at radius 3 is 2.55 bits per heavy atom. The molecule has 0 bridgehead atoms. The third-order valence-electron chi connectivity index (χ3n) is 2.80. The van der Waals surface area contributed by atoms with Crippen LogP contribution in [0.1, 0.15) is 5.56 Å². The zero-order chi connectivity index (χ0) is 13.8. The van der Waals surface area contributed by atoms with Gasteiger partial charge in [-0.25, -0.2) is 4.68 Å². The van der Waals surface area contributed by atoms with Gasteiger partial charge in [-0.2, -0.15) is 0 Å². The minimum Gasteiger partial charge on any atom is -0.489 e. The summed E-state index contributed by atoms with van der Waals surface area (Å²) in [5.41, 5.74) is 1.83. The molecule has 0 amide bonds. The molecule has 3 aromatic rings. The van der Waals surface area contributed by atoms with Crippen molar-refractivity contribution < 1.29 is 4.74 Å². The highest BCUT2D eigenvalue weighted by molar-refractivity contribution is 6.31. The summed E-state index contributed by atoms with van der Waals surface area (Å²) in [5.74, 6) is 0.766. The van der Waals surface area contributed by atoms with Crippen molar-refractivity contribution in [3.05, 3.63) is 65.4 Å². The Labute approximate surface area is 120 Å². The topological polar surface area (TPSA) is 52.8 Å². The predicted molar refractivity (Wildman–Crippen MR) is 74.9 cm³/mol. The van der Waals surface area contributed by atoms with Crippen LogP contribution in [0, 0.1) is 0 Å². The summed E-state index contributed by atoms with van der Waals surface area (Å²) in [7, 11) is 0. The van der Waals surface area contributed by atoms with Crippen molar-refractivity contribution in [2.75, 3.05) is 0 Å². The Balaban J connectivity index is 1.68. The number of benzene rings is 2. The Hall–Kier alpha value is -2.40. The van der Waals surface area contributed by atoms with E-state index in [1.54, 1.807) is 11.0 Å². The number of tetrazole rings is 1. The molecule has 20 heavy (non-hydrogen) atoms. The van der Waals surface area contributed by atoms with Crippen LogP contribution in [0.25, 0.3) is 5.69 Å². The lowest BCUT2D eigenvalue weighted by atomic mass is 10.2. The molecule has 5 nitrogen and oxygen atoms in total. The monoisotopic (exact) mass is 286 g/mol. The first-order valence-corrected chi connectivity index (χ1v) is 6.40. The van der Waals surface area contributed by atoms with Gasteiger partial charge in [-0.1, -0.05) is 29.8 Å². The summed E-state index contributed by atoms with van der Waals surface area (Å²) < 4.78 is 7.28. The molecule has 0 aliphatic heterocycles. The molecule has 0 spiro atoms. The summed E-state index contributed by atoms with van der Waals surface area (Å²) in [6.45, 7) is 0.434. The van der Waals surface area contributed by atoms with E-state index in [4.69, 9.17) is 16.3 Å². The third-order valence-corrected chi connectivity index (χ3v) is 3.17. The molecular weight excluding hydrogens is 276 g/mol. The second-order valence-corrected chi connectivity index (χ2v) is 4.54. The standard InChI is InChI=1S/C14H11ClN4O/c15-14-4-2-1-3-11(14)9-20-13-7-5-12(6-8-13)19-10-16-17-18-19/h1-8,10H,9H2. The van der Waals surface area contributed by atoms with Crippen molar-refractivity contribution >= 4 is 11.6 Å². The molecule has 0 saturated carbocycles. The Morgan fingerprint density at radius 1 is 1.05 bits per heavy atom. The zero-order valence-corrected chi connectivity index (χ0v) is 11.2. The molecule has 0 fully saturated rings. The average Bonchev–Trinajstić information content (AvgIpc) is 3.01. The molecule has 0 N–H and O–H groups in total. The van der Waals surface area contributed by atoms with Gasteiger partial charge >= 0.3 is 0 Å². The van der Waals surface area contributed by atoms with Crippen LogP contribution in [0.3, 0.4) is 0 Å². The number of halogens is 1. The molecular formula is C14H11ClN4O. The second kappa shape index (κ2) is 5.71. The van der Waals surface area contributed by atoms with E-state index >= 15 is 0 Å². The van der Waals surface area contributed by atoms with Gasteiger partial charge in [0.15, 0.2) is 0 Å².